The second-order valence-corrected chi connectivity index (χ2v) is 10.2. The second-order valence-electron chi connectivity index (χ2n) is 8.59. The summed E-state index contributed by atoms with van der Waals surface area (Å²) in [5.74, 6) is 2.24. The molecule has 0 fully saturated rings. The molecule has 0 atom stereocenters. The van der Waals surface area contributed by atoms with Crippen molar-refractivity contribution in [3.63, 3.8) is 0 Å². The van der Waals surface area contributed by atoms with Crippen molar-refractivity contribution in [1.29, 1.82) is 0 Å². The normalized spacial score (nSPS) is 10.6. The third-order valence-electron chi connectivity index (χ3n) is 2.36. The molecular weight excluding hydrogens is 372 g/mol. The minimum Gasteiger partial charge on any atom is -0.854 e. The Morgan fingerprint density at radius 3 is 0.815 bits per heavy atom. The van der Waals surface area contributed by atoms with E-state index in [2.05, 4.69) is 41.5 Å². The minimum absolute atomic E-state index is 0. The van der Waals surface area contributed by atoms with Gasteiger partial charge in [0.15, 0.2) is 0 Å². The molecule has 27 heavy (non-hydrogen) atoms. The van der Waals surface area contributed by atoms with Crippen LogP contribution in [0.3, 0.4) is 0 Å². The van der Waals surface area contributed by atoms with Crippen LogP contribution in [0.15, 0.2) is 0 Å². The number of hydrogen-bond donors (Lipinski definition) is 0. The Morgan fingerprint density at radius 2 is 0.704 bits per heavy atom. The molecule has 0 saturated carbocycles. The molecule has 160 valence electrons. The summed E-state index contributed by atoms with van der Waals surface area (Å²) in [5.41, 5.74) is 0. The molecule has 0 rings (SSSR count). The van der Waals surface area contributed by atoms with E-state index in [1.54, 1.807) is 0 Å². The molecule has 0 spiro atoms. The minimum atomic E-state index is -1.90. The van der Waals surface area contributed by atoms with E-state index in [1.165, 1.54) is 0 Å². The van der Waals surface area contributed by atoms with Crippen molar-refractivity contribution >= 4 is 38.2 Å². The van der Waals surface area contributed by atoms with E-state index in [4.69, 9.17) is 11.4 Å². The van der Waals surface area contributed by atoms with E-state index >= 15 is 0 Å². The van der Waals surface area contributed by atoms with Crippen molar-refractivity contribution in [1.82, 2.24) is 0 Å². The maximum Gasteiger partial charge on any atom is 2.00 e. The Hall–Kier alpha value is 1.10. The van der Waals surface area contributed by atoms with Gasteiger partial charge in [-0.3, -0.25) is 0 Å². The number of hydrogen-bond acceptors (Lipinski definition) is 5. The molecule has 0 aromatic rings. The fourth-order valence-corrected chi connectivity index (χ4v) is 2.87. The van der Waals surface area contributed by atoms with Crippen molar-refractivity contribution < 1.29 is 21.6 Å². The van der Waals surface area contributed by atoms with Crippen molar-refractivity contribution in [2.45, 2.75) is 69.2 Å². The zero-order valence-corrected chi connectivity index (χ0v) is 22.3. The van der Waals surface area contributed by atoms with E-state index in [0.717, 1.165) is 19.8 Å². The van der Waals surface area contributed by atoms with Gasteiger partial charge in [0.05, 0.1) is 0 Å². The standard InChI is InChI=1S/5C4H9O.Al.Mg/c5*1-4(2)3-5;;/h5*4H,3H2,1-2H3;;/q5*-1;+3;+2. The third-order valence-corrected chi connectivity index (χ3v) is 3.76. The Kier molecular flexibility index (Phi) is 33.1. The Labute approximate surface area is 191 Å². The van der Waals surface area contributed by atoms with E-state index in [0.29, 0.717) is 29.6 Å². The summed E-state index contributed by atoms with van der Waals surface area (Å²) in [4.78, 5) is 0. The molecule has 0 aliphatic heterocycles. The predicted octanol–water partition coefficient (Wildman–Crippen LogP) is 2.61. The van der Waals surface area contributed by atoms with Crippen LogP contribution in [0.4, 0.5) is 0 Å². The van der Waals surface area contributed by atoms with Gasteiger partial charge in [-0.15, -0.1) is 13.2 Å². The van der Waals surface area contributed by atoms with Crippen molar-refractivity contribution in [2.24, 2.45) is 29.6 Å². The zero-order valence-electron chi connectivity index (χ0n) is 19.7. The maximum atomic E-state index is 9.63. The van der Waals surface area contributed by atoms with Crippen molar-refractivity contribution in [3.05, 3.63) is 0 Å². The third kappa shape index (κ3) is 42.3. The molecule has 7 heteroatoms. The van der Waals surface area contributed by atoms with Gasteiger partial charge < -0.3 is 21.6 Å². The first-order valence-electron chi connectivity index (χ1n) is 9.97. The zero-order chi connectivity index (χ0) is 21.1. The van der Waals surface area contributed by atoms with E-state index < -0.39 is 15.1 Å². The summed E-state index contributed by atoms with van der Waals surface area (Å²) < 4.78 is 17.1. The molecule has 0 radical (unpaired) electrons. The fourth-order valence-electron chi connectivity index (χ4n) is 0.957. The van der Waals surface area contributed by atoms with Gasteiger partial charge in [-0.25, -0.2) is 0 Å². The van der Waals surface area contributed by atoms with Crippen LogP contribution in [0.25, 0.3) is 0 Å². The van der Waals surface area contributed by atoms with Gasteiger partial charge in [0, 0.05) is 19.8 Å². The van der Waals surface area contributed by atoms with Crippen LogP contribution in [-0.2, 0) is 11.4 Å². The van der Waals surface area contributed by atoms with E-state index in [-0.39, 0.29) is 36.3 Å². The van der Waals surface area contributed by atoms with Crippen molar-refractivity contribution in [3.8, 4) is 0 Å². The summed E-state index contributed by atoms with van der Waals surface area (Å²) in [7, 11) is 0. The van der Waals surface area contributed by atoms with Crippen LogP contribution in [-0.4, -0.2) is 71.2 Å². The van der Waals surface area contributed by atoms with Gasteiger partial charge in [0.1, 0.15) is 0 Å². The van der Waals surface area contributed by atoms with E-state index in [1.807, 2.05) is 27.7 Å². The topological polar surface area (TPSA) is 73.8 Å². The molecule has 0 N–H and O–H groups in total. The maximum absolute atomic E-state index is 9.63. The molecule has 0 saturated heterocycles. The summed E-state index contributed by atoms with van der Waals surface area (Å²) in [6, 6.07) is 0. The van der Waals surface area contributed by atoms with Crippen LogP contribution < -0.4 is 10.2 Å². The van der Waals surface area contributed by atoms with E-state index in [9.17, 15) is 10.2 Å². The van der Waals surface area contributed by atoms with Gasteiger partial charge in [0.25, 0.3) is 0 Å². The first-order valence-corrected chi connectivity index (χ1v) is 11.4. The summed E-state index contributed by atoms with van der Waals surface area (Å²) in [5, 5.41) is 19.3. The Bertz CT molecular complexity index is 228. The monoisotopic (exact) mass is 416 g/mol. The SMILES string of the molecule is CC(C)C[O-].CC(C)C[O-].CC(C)C[O][Al]([O]CC(C)C)[O]CC(C)C.[Mg+2]. The molecule has 0 amide bonds. The second kappa shape index (κ2) is 25.1. The molecule has 5 nitrogen and oxygen atoms in total. The first-order chi connectivity index (χ1) is 12.0. The Morgan fingerprint density at radius 1 is 0.519 bits per heavy atom. The summed E-state index contributed by atoms with van der Waals surface area (Å²) >= 11 is -1.90. The quantitative estimate of drug-likeness (QED) is 0.484. The molecule has 0 aliphatic rings. The molecule has 0 bridgehead atoms. The van der Waals surface area contributed by atoms with Gasteiger partial charge in [-0.2, -0.15) is 0 Å². The van der Waals surface area contributed by atoms with Crippen LogP contribution >= 0.6 is 0 Å². The molecule has 0 heterocycles. The molecule has 0 aliphatic carbocycles. The van der Waals surface area contributed by atoms with Gasteiger partial charge in [-0.1, -0.05) is 81.1 Å². The van der Waals surface area contributed by atoms with Gasteiger partial charge >= 0.3 is 38.2 Å². The first kappa shape index (κ1) is 35.5. The molecule has 0 unspecified atom stereocenters. The molecule has 0 aromatic carbocycles. The van der Waals surface area contributed by atoms with Crippen molar-refractivity contribution in [2.75, 3.05) is 33.0 Å². The van der Waals surface area contributed by atoms with Gasteiger partial charge in [0.2, 0.25) is 0 Å². The van der Waals surface area contributed by atoms with Gasteiger partial charge in [-0.05, 0) is 17.8 Å². The largest absolute Gasteiger partial charge is 2.00 e. The van der Waals surface area contributed by atoms with Crippen LogP contribution in [0.5, 0.6) is 0 Å². The number of rotatable bonds is 11. The van der Waals surface area contributed by atoms with Crippen LogP contribution in [0.1, 0.15) is 69.2 Å². The van der Waals surface area contributed by atoms with Crippen LogP contribution in [0.2, 0.25) is 0 Å². The Balaban J connectivity index is -0.000000199. The predicted molar refractivity (Wildman–Crippen MR) is 113 cm³/mol. The average molecular weight is 417 g/mol. The molecule has 0 aromatic heterocycles. The van der Waals surface area contributed by atoms with Crippen LogP contribution in [0, 0.1) is 29.6 Å². The fraction of sp³-hybridized carbons (Fsp3) is 1.00. The average Bonchev–Trinajstić information content (AvgIpc) is 2.54. The molecular formula is C20H45AlMgO5. The summed E-state index contributed by atoms with van der Waals surface area (Å²) in [6.45, 7) is 22.7. The summed E-state index contributed by atoms with van der Waals surface area (Å²) in [6.07, 6.45) is 0. The smallest absolute Gasteiger partial charge is 0.854 e.